The van der Waals surface area contributed by atoms with E-state index in [2.05, 4.69) is 15.9 Å². The van der Waals surface area contributed by atoms with Crippen LogP contribution in [-0.2, 0) is 0 Å². The van der Waals surface area contributed by atoms with Crippen molar-refractivity contribution in [2.24, 2.45) is 11.7 Å². The number of methoxy groups -OCH3 is 1. The van der Waals surface area contributed by atoms with Crippen LogP contribution in [-0.4, -0.2) is 19.4 Å². The minimum absolute atomic E-state index is 0.0368. The number of carbonyl (C=O) groups is 1. The Bertz CT molecular complexity index is 379. The number of hydrogen-bond acceptors (Lipinski definition) is 3. The normalized spacial score (nSPS) is 12.2. The Labute approximate surface area is 104 Å². The van der Waals surface area contributed by atoms with Gasteiger partial charge in [-0.2, -0.15) is 0 Å². The lowest BCUT2D eigenvalue weighted by Crippen LogP contribution is -2.15. The molecule has 0 saturated heterocycles. The molecule has 0 aliphatic heterocycles. The van der Waals surface area contributed by atoms with Crippen molar-refractivity contribution in [1.82, 2.24) is 0 Å². The molecule has 1 unspecified atom stereocenters. The Balaban J connectivity index is 2.88. The molecule has 0 heterocycles. The van der Waals surface area contributed by atoms with Crippen LogP contribution < -0.4 is 10.5 Å². The zero-order valence-electron chi connectivity index (χ0n) is 9.50. The van der Waals surface area contributed by atoms with E-state index in [4.69, 9.17) is 10.5 Å². The molecule has 0 aromatic heterocycles. The van der Waals surface area contributed by atoms with Crippen molar-refractivity contribution in [1.29, 1.82) is 0 Å². The van der Waals surface area contributed by atoms with Crippen LogP contribution in [0, 0.1) is 5.92 Å². The van der Waals surface area contributed by atoms with E-state index >= 15 is 0 Å². The summed E-state index contributed by atoms with van der Waals surface area (Å²) >= 11 is 3.36. The van der Waals surface area contributed by atoms with Gasteiger partial charge in [-0.25, -0.2) is 0 Å². The quantitative estimate of drug-likeness (QED) is 0.846. The largest absolute Gasteiger partial charge is 0.496 e. The molecule has 0 aliphatic rings. The Morgan fingerprint density at radius 1 is 1.56 bits per heavy atom. The first-order valence-electron chi connectivity index (χ1n) is 5.18. The number of ketones is 1. The van der Waals surface area contributed by atoms with Crippen molar-refractivity contribution in [2.75, 3.05) is 13.7 Å². The minimum atomic E-state index is -0.0368. The molecule has 1 rings (SSSR count). The van der Waals surface area contributed by atoms with E-state index in [-0.39, 0.29) is 11.7 Å². The summed E-state index contributed by atoms with van der Waals surface area (Å²) < 4.78 is 5.90. The summed E-state index contributed by atoms with van der Waals surface area (Å²) in [5, 5.41) is 0. The lowest BCUT2D eigenvalue weighted by molar-refractivity contribution is 0.0925. The summed E-state index contributed by atoms with van der Waals surface area (Å²) in [4.78, 5) is 12.0. The van der Waals surface area contributed by atoms with E-state index in [0.717, 1.165) is 10.2 Å². The highest BCUT2D eigenvalue weighted by Crippen LogP contribution is 2.26. The van der Waals surface area contributed by atoms with Gasteiger partial charge >= 0.3 is 0 Å². The highest BCUT2D eigenvalue weighted by atomic mass is 79.9. The molecule has 0 radical (unpaired) electrons. The third kappa shape index (κ3) is 3.06. The lowest BCUT2D eigenvalue weighted by atomic mass is 9.96. The van der Waals surface area contributed by atoms with Gasteiger partial charge in [-0.05, 0) is 47.1 Å². The Hall–Kier alpha value is -0.870. The number of Topliss-reactive ketones (excluding diaryl/α,β-unsaturated/α-hetero) is 1. The van der Waals surface area contributed by atoms with Crippen LogP contribution in [0.2, 0.25) is 0 Å². The monoisotopic (exact) mass is 285 g/mol. The molecule has 2 N–H and O–H groups in total. The lowest BCUT2D eigenvalue weighted by Gasteiger charge is -2.10. The van der Waals surface area contributed by atoms with Crippen molar-refractivity contribution >= 4 is 21.7 Å². The summed E-state index contributed by atoms with van der Waals surface area (Å²) in [6, 6.07) is 5.35. The third-order valence-electron chi connectivity index (χ3n) is 2.48. The molecular weight excluding hydrogens is 270 g/mol. The van der Waals surface area contributed by atoms with Crippen molar-refractivity contribution in [2.45, 2.75) is 13.3 Å². The van der Waals surface area contributed by atoms with Crippen LogP contribution in [0.1, 0.15) is 23.7 Å². The first-order valence-corrected chi connectivity index (χ1v) is 5.97. The zero-order chi connectivity index (χ0) is 12.1. The number of carbonyl (C=O) groups excluding carboxylic acids is 1. The number of halogens is 1. The SMILES string of the molecule is COc1ccc(C(=O)C(C)CCN)cc1Br. The molecular formula is C12H16BrNO2. The second kappa shape index (κ2) is 6.01. The number of rotatable bonds is 5. The maximum Gasteiger partial charge on any atom is 0.165 e. The van der Waals surface area contributed by atoms with Gasteiger partial charge in [0.25, 0.3) is 0 Å². The molecule has 16 heavy (non-hydrogen) atoms. The fourth-order valence-electron chi connectivity index (χ4n) is 1.49. The van der Waals surface area contributed by atoms with Gasteiger partial charge < -0.3 is 10.5 Å². The van der Waals surface area contributed by atoms with Gasteiger partial charge in [0.2, 0.25) is 0 Å². The third-order valence-corrected chi connectivity index (χ3v) is 3.10. The topological polar surface area (TPSA) is 52.3 Å². The Morgan fingerprint density at radius 3 is 2.75 bits per heavy atom. The summed E-state index contributed by atoms with van der Waals surface area (Å²) in [7, 11) is 1.60. The van der Waals surface area contributed by atoms with Crippen LogP contribution in [0.3, 0.4) is 0 Å². The van der Waals surface area contributed by atoms with E-state index in [9.17, 15) is 4.79 Å². The highest BCUT2D eigenvalue weighted by molar-refractivity contribution is 9.10. The molecule has 1 aromatic rings. The van der Waals surface area contributed by atoms with Crippen LogP contribution in [0.5, 0.6) is 5.75 Å². The predicted molar refractivity (Wildman–Crippen MR) is 67.9 cm³/mol. The van der Waals surface area contributed by atoms with E-state index in [1.165, 1.54) is 0 Å². The molecule has 0 saturated carbocycles. The zero-order valence-corrected chi connectivity index (χ0v) is 11.1. The van der Waals surface area contributed by atoms with Gasteiger partial charge in [0.1, 0.15) is 5.75 Å². The van der Waals surface area contributed by atoms with Gasteiger partial charge in [-0.15, -0.1) is 0 Å². The molecule has 0 spiro atoms. The molecule has 1 atom stereocenters. The molecule has 3 nitrogen and oxygen atoms in total. The average molecular weight is 286 g/mol. The second-order valence-electron chi connectivity index (χ2n) is 3.69. The van der Waals surface area contributed by atoms with E-state index in [0.29, 0.717) is 18.5 Å². The van der Waals surface area contributed by atoms with Gasteiger partial charge in [-0.1, -0.05) is 6.92 Å². The molecule has 0 aliphatic carbocycles. The van der Waals surface area contributed by atoms with Crippen molar-refractivity contribution < 1.29 is 9.53 Å². The number of ether oxygens (including phenoxy) is 1. The molecule has 1 aromatic carbocycles. The van der Waals surface area contributed by atoms with Crippen LogP contribution in [0.15, 0.2) is 22.7 Å². The van der Waals surface area contributed by atoms with Gasteiger partial charge in [-0.3, -0.25) is 4.79 Å². The number of hydrogen-bond donors (Lipinski definition) is 1. The van der Waals surface area contributed by atoms with Gasteiger partial charge in [0, 0.05) is 11.5 Å². The number of benzene rings is 1. The molecule has 0 amide bonds. The molecule has 0 fully saturated rings. The van der Waals surface area contributed by atoms with Crippen molar-refractivity contribution in [3.8, 4) is 5.75 Å². The predicted octanol–water partition coefficient (Wildman–Crippen LogP) is 2.63. The van der Waals surface area contributed by atoms with Crippen molar-refractivity contribution in [3.05, 3.63) is 28.2 Å². The summed E-state index contributed by atoms with van der Waals surface area (Å²) in [5.41, 5.74) is 6.13. The van der Waals surface area contributed by atoms with E-state index < -0.39 is 0 Å². The minimum Gasteiger partial charge on any atom is -0.496 e. The highest BCUT2D eigenvalue weighted by Gasteiger charge is 2.15. The van der Waals surface area contributed by atoms with E-state index in [1.54, 1.807) is 25.3 Å². The fourth-order valence-corrected chi connectivity index (χ4v) is 2.03. The van der Waals surface area contributed by atoms with Crippen LogP contribution in [0.4, 0.5) is 0 Å². The molecule has 0 bridgehead atoms. The fraction of sp³-hybridized carbons (Fsp3) is 0.417. The smallest absolute Gasteiger partial charge is 0.165 e. The molecule has 88 valence electrons. The first kappa shape index (κ1) is 13.2. The maximum absolute atomic E-state index is 12.0. The van der Waals surface area contributed by atoms with E-state index in [1.807, 2.05) is 6.92 Å². The summed E-state index contributed by atoms with van der Waals surface area (Å²) in [6.07, 6.45) is 0.711. The summed E-state index contributed by atoms with van der Waals surface area (Å²) in [5.74, 6) is 0.808. The van der Waals surface area contributed by atoms with Crippen LogP contribution >= 0.6 is 15.9 Å². The van der Waals surface area contributed by atoms with Gasteiger partial charge in [0.05, 0.1) is 11.6 Å². The Kier molecular flexibility index (Phi) is 4.96. The maximum atomic E-state index is 12.0. The van der Waals surface area contributed by atoms with Crippen LogP contribution in [0.25, 0.3) is 0 Å². The number of nitrogens with two attached hydrogens (primary N) is 1. The van der Waals surface area contributed by atoms with Gasteiger partial charge in [0.15, 0.2) is 5.78 Å². The average Bonchev–Trinajstić information content (AvgIpc) is 2.28. The summed E-state index contributed by atoms with van der Waals surface area (Å²) in [6.45, 7) is 2.43. The first-order chi connectivity index (χ1) is 7.60. The Morgan fingerprint density at radius 2 is 2.25 bits per heavy atom. The molecule has 4 heteroatoms. The van der Waals surface area contributed by atoms with Crippen molar-refractivity contribution in [3.63, 3.8) is 0 Å². The second-order valence-corrected chi connectivity index (χ2v) is 4.55. The standard InChI is InChI=1S/C12H16BrNO2/c1-8(5-6-14)12(15)9-3-4-11(16-2)10(13)7-9/h3-4,7-8H,5-6,14H2,1-2H3.